The largest absolute Gasteiger partial charge is 0.490 e. The number of fused-ring (bicyclic) bond motifs is 1. The van der Waals surface area contributed by atoms with E-state index in [2.05, 4.69) is 26.3 Å². The van der Waals surface area contributed by atoms with Crippen molar-refractivity contribution in [3.63, 3.8) is 0 Å². The number of hydrogen-bond acceptors (Lipinski definition) is 16. The molecule has 0 amide bonds. The van der Waals surface area contributed by atoms with Crippen LogP contribution in [0.1, 0.15) is 0 Å². The molecular weight excluding hydrogens is 712 g/mol. The van der Waals surface area contributed by atoms with Gasteiger partial charge in [0.05, 0.1) is 63.6 Å². The van der Waals surface area contributed by atoms with Crippen LogP contribution >= 0.6 is 0 Å². The first-order valence-electron chi connectivity index (χ1n) is 16.9. The molecule has 0 N–H and O–H groups in total. The maximum absolute atomic E-state index is 11.3. The second-order valence-corrected chi connectivity index (χ2v) is 10.2. The van der Waals surface area contributed by atoms with E-state index in [1.54, 1.807) is 24.3 Å². The van der Waals surface area contributed by atoms with Crippen LogP contribution in [0.15, 0.2) is 74.9 Å². The SMILES string of the molecule is C=CC(=O)OCCOCCOc1ccc(OCCOCCOC(=O)C=C)c2c(OCCOCCOC(=O)C=C)ccc(OCCOCCOC(=O)C=C)c12. The second kappa shape index (κ2) is 28.1. The Morgan fingerprint density at radius 3 is 0.759 bits per heavy atom. The molecule has 0 bridgehead atoms. The molecule has 0 aromatic heterocycles. The zero-order valence-electron chi connectivity index (χ0n) is 30.3. The molecule has 296 valence electrons. The Hall–Kier alpha value is -5.42. The highest BCUT2D eigenvalue weighted by atomic mass is 16.6. The van der Waals surface area contributed by atoms with E-state index in [4.69, 9.17) is 56.8 Å². The fourth-order valence-electron chi connectivity index (χ4n) is 4.14. The number of benzene rings is 2. The monoisotopic (exact) mass is 760 g/mol. The molecule has 0 radical (unpaired) electrons. The Balaban J connectivity index is 2.24. The van der Waals surface area contributed by atoms with E-state index < -0.39 is 23.9 Å². The Labute approximate surface area is 314 Å². The van der Waals surface area contributed by atoms with Crippen molar-refractivity contribution >= 4 is 34.6 Å². The molecule has 54 heavy (non-hydrogen) atoms. The zero-order chi connectivity index (χ0) is 39.2. The van der Waals surface area contributed by atoms with Crippen LogP contribution in [0, 0.1) is 0 Å². The standard InChI is InChI=1S/C38H48O16/c1-5-33(39)51-25-17-43-13-21-47-29-9-10-31(49-23-15-45-19-27-53-35(41)7-3)38-32(50-24-16-46-20-28-54-36(42)8-4)12-11-30(37(29)38)48-22-14-44-18-26-52-34(40)6-2/h5-12H,1-4,13-28H2. The lowest BCUT2D eigenvalue weighted by Crippen LogP contribution is -2.14. The van der Waals surface area contributed by atoms with Gasteiger partial charge in [0.2, 0.25) is 0 Å². The van der Waals surface area contributed by atoms with Crippen LogP contribution in [0.2, 0.25) is 0 Å². The lowest BCUT2D eigenvalue weighted by atomic mass is 10.1. The maximum atomic E-state index is 11.3. The molecule has 0 atom stereocenters. The summed E-state index contributed by atoms with van der Waals surface area (Å²) >= 11 is 0. The van der Waals surface area contributed by atoms with E-state index >= 15 is 0 Å². The summed E-state index contributed by atoms with van der Waals surface area (Å²) in [5.74, 6) is -0.466. The van der Waals surface area contributed by atoms with E-state index in [1.807, 2.05) is 0 Å². The summed E-state index contributed by atoms with van der Waals surface area (Å²) in [7, 11) is 0. The molecule has 0 aliphatic carbocycles. The predicted molar refractivity (Wildman–Crippen MR) is 194 cm³/mol. The predicted octanol–water partition coefficient (Wildman–Crippen LogP) is 3.34. The van der Waals surface area contributed by atoms with Gasteiger partial charge in [-0.25, -0.2) is 19.2 Å². The highest BCUT2D eigenvalue weighted by molar-refractivity contribution is 6.02. The number of rotatable bonds is 32. The van der Waals surface area contributed by atoms with Crippen LogP contribution in [0.5, 0.6) is 23.0 Å². The minimum absolute atomic E-state index is 0.0602. The second-order valence-electron chi connectivity index (χ2n) is 10.2. The lowest BCUT2D eigenvalue weighted by Gasteiger charge is -2.19. The van der Waals surface area contributed by atoms with Crippen molar-refractivity contribution in [1.82, 2.24) is 0 Å². The number of carbonyl (C=O) groups is 4. The van der Waals surface area contributed by atoms with Crippen molar-refractivity contribution < 1.29 is 76.0 Å². The Bertz CT molecular complexity index is 1290. The van der Waals surface area contributed by atoms with Crippen molar-refractivity contribution in [3.8, 4) is 23.0 Å². The van der Waals surface area contributed by atoms with Gasteiger partial charge in [-0.15, -0.1) is 0 Å². The number of ether oxygens (including phenoxy) is 12. The third kappa shape index (κ3) is 18.4. The fourth-order valence-corrected chi connectivity index (χ4v) is 4.14. The van der Waals surface area contributed by atoms with Gasteiger partial charge in [0.15, 0.2) is 0 Å². The topological polar surface area (TPSA) is 179 Å². The Morgan fingerprint density at radius 1 is 0.352 bits per heavy atom. The van der Waals surface area contributed by atoms with Gasteiger partial charge in [-0.3, -0.25) is 0 Å². The molecule has 16 heteroatoms. The highest BCUT2D eigenvalue weighted by Gasteiger charge is 2.19. The molecule has 16 nitrogen and oxygen atoms in total. The molecule has 2 rings (SSSR count). The van der Waals surface area contributed by atoms with Gasteiger partial charge in [0.25, 0.3) is 0 Å². The summed E-state index contributed by atoms with van der Waals surface area (Å²) in [6.45, 7) is 15.6. The summed E-state index contributed by atoms with van der Waals surface area (Å²) in [4.78, 5) is 45.0. The average molecular weight is 761 g/mol. The first kappa shape index (κ1) is 44.7. The molecule has 0 fully saturated rings. The van der Waals surface area contributed by atoms with E-state index in [1.165, 1.54) is 0 Å². The Morgan fingerprint density at radius 2 is 0.556 bits per heavy atom. The molecule has 2 aromatic rings. The van der Waals surface area contributed by atoms with Crippen LogP contribution in [0.4, 0.5) is 0 Å². The third-order valence-corrected chi connectivity index (χ3v) is 6.50. The van der Waals surface area contributed by atoms with E-state index in [0.717, 1.165) is 24.3 Å². The molecule has 2 aromatic carbocycles. The molecule has 0 aliphatic heterocycles. The average Bonchev–Trinajstić information content (AvgIpc) is 3.19. The summed E-state index contributed by atoms with van der Waals surface area (Å²) in [6.07, 6.45) is 4.28. The van der Waals surface area contributed by atoms with Crippen molar-refractivity contribution in [2.24, 2.45) is 0 Å². The zero-order valence-corrected chi connectivity index (χ0v) is 30.3. The van der Waals surface area contributed by atoms with E-state index in [0.29, 0.717) is 33.8 Å². The Kier molecular flexibility index (Phi) is 23.3. The summed E-state index contributed by atoms with van der Waals surface area (Å²) < 4.78 is 66.4. The fraction of sp³-hybridized carbons (Fsp3) is 0.421. The van der Waals surface area contributed by atoms with Gasteiger partial charge >= 0.3 is 23.9 Å². The molecule has 0 heterocycles. The molecular formula is C38H48O16. The molecule has 0 aliphatic rings. The van der Waals surface area contributed by atoms with Crippen LogP contribution in [-0.2, 0) is 57.1 Å². The van der Waals surface area contributed by atoms with Gasteiger partial charge in [-0.1, -0.05) is 26.3 Å². The molecule has 0 unspecified atom stereocenters. The first-order chi connectivity index (χ1) is 26.3. The van der Waals surface area contributed by atoms with Crippen molar-refractivity contribution in [3.05, 3.63) is 74.9 Å². The minimum Gasteiger partial charge on any atom is -0.490 e. The van der Waals surface area contributed by atoms with Gasteiger partial charge in [0.1, 0.15) is 75.9 Å². The van der Waals surface area contributed by atoms with Crippen LogP contribution < -0.4 is 18.9 Å². The first-order valence-corrected chi connectivity index (χ1v) is 16.9. The van der Waals surface area contributed by atoms with Gasteiger partial charge in [0, 0.05) is 24.3 Å². The smallest absolute Gasteiger partial charge is 0.330 e. The quantitative estimate of drug-likeness (QED) is 0.0458. The van der Waals surface area contributed by atoms with Crippen molar-refractivity contribution in [1.29, 1.82) is 0 Å². The lowest BCUT2D eigenvalue weighted by molar-refractivity contribution is -0.140. The number of hydrogen-bond donors (Lipinski definition) is 0. The van der Waals surface area contributed by atoms with Gasteiger partial charge in [-0.2, -0.15) is 0 Å². The van der Waals surface area contributed by atoms with Gasteiger partial charge in [-0.05, 0) is 24.3 Å². The van der Waals surface area contributed by atoms with Crippen LogP contribution in [0.25, 0.3) is 10.8 Å². The van der Waals surface area contributed by atoms with Crippen molar-refractivity contribution in [2.75, 3.05) is 106 Å². The maximum Gasteiger partial charge on any atom is 0.330 e. The van der Waals surface area contributed by atoms with Crippen molar-refractivity contribution in [2.45, 2.75) is 0 Å². The minimum atomic E-state index is -0.545. The number of esters is 4. The van der Waals surface area contributed by atoms with E-state index in [9.17, 15) is 19.2 Å². The van der Waals surface area contributed by atoms with Crippen LogP contribution in [-0.4, -0.2) is 130 Å². The van der Waals surface area contributed by atoms with Crippen LogP contribution in [0.3, 0.4) is 0 Å². The molecule has 0 saturated heterocycles. The van der Waals surface area contributed by atoms with E-state index in [-0.39, 0.29) is 106 Å². The number of carbonyl (C=O) groups excluding carboxylic acids is 4. The summed E-state index contributed by atoms with van der Waals surface area (Å²) in [5, 5.41) is 1.05. The normalized spacial score (nSPS) is 10.4. The van der Waals surface area contributed by atoms with Gasteiger partial charge < -0.3 is 56.8 Å². The third-order valence-electron chi connectivity index (χ3n) is 6.50. The molecule has 0 spiro atoms. The summed E-state index contributed by atoms with van der Waals surface area (Å²) in [6, 6.07) is 6.86. The molecule has 0 saturated carbocycles. The summed E-state index contributed by atoms with van der Waals surface area (Å²) in [5.41, 5.74) is 0. The highest BCUT2D eigenvalue weighted by Crippen LogP contribution is 2.44.